The lowest BCUT2D eigenvalue weighted by Gasteiger charge is -2.37. The normalized spacial score (nSPS) is 17.4. The quantitative estimate of drug-likeness (QED) is 0.389. The molecule has 0 bridgehead atoms. The molecule has 3 aromatic rings. The Balaban J connectivity index is 1.78. The van der Waals surface area contributed by atoms with E-state index in [2.05, 4.69) is 15.2 Å². The Hall–Kier alpha value is -2.56. The lowest BCUT2D eigenvalue weighted by Crippen LogP contribution is -2.51. The van der Waals surface area contributed by atoms with Crippen LogP contribution in [0.3, 0.4) is 0 Å². The molecule has 1 fully saturated rings. The predicted molar refractivity (Wildman–Crippen MR) is 133 cm³/mol. The highest BCUT2D eigenvalue weighted by Crippen LogP contribution is 2.37. The van der Waals surface area contributed by atoms with Gasteiger partial charge in [-0.1, -0.05) is 41.9 Å². The first-order chi connectivity index (χ1) is 17.7. The van der Waals surface area contributed by atoms with Crippen LogP contribution in [0.2, 0.25) is 5.02 Å². The first-order valence-corrected chi connectivity index (χ1v) is 12.3. The van der Waals surface area contributed by atoms with Crippen molar-refractivity contribution in [1.29, 1.82) is 0 Å². The number of aliphatic hydroxyl groups is 1. The van der Waals surface area contributed by atoms with E-state index in [4.69, 9.17) is 16.3 Å². The van der Waals surface area contributed by atoms with E-state index in [1.807, 2.05) is 30.3 Å². The highest BCUT2D eigenvalue weighted by molar-refractivity contribution is 6.30. The highest BCUT2D eigenvalue weighted by atomic mass is 35.5. The Morgan fingerprint density at radius 2 is 1.73 bits per heavy atom. The van der Waals surface area contributed by atoms with Crippen molar-refractivity contribution in [3.05, 3.63) is 100 Å². The van der Waals surface area contributed by atoms with Gasteiger partial charge in [-0.05, 0) is 41.5 Å². The number of aliphatic hydroxyl groups excluding tert-OH is 1. The minimum Gasteiger partial charge on any atom is -0.390 e. The standard InChI is InChI=1S/C27H28ClF4N3O2/c28-22-6-7-25(33-16-22)26(15-19-4-2-1-3-5-19,20-12-21(27(30,31)32)14-23(29)13-20)34-17-24(36)18-35-8-10-37-11-9-35/h1-7,12-14,16,24,34,36H,8-11,15,17-18H2/t24?,26-/m0/s1. The summed E-state index contributed by atoms with van der Waals surface area (Å²) in [6.07, 6.45) is -4.06. The Morgan fingerprint density at radius 3 is 2.38 bits per heavy atom. The van der Waals surface area contributed by atoms with E-state index in [9.17, 15) is 22.7 Å². The minimum absolute atomic E-state index is 0.0202. The summed E-state index contributed by atoms with van der Waals surface area (Å²) in [5, 5.41) is 14.5. The van der Waals surface area contributed by atoms with Gasteiger partial charge in [0.2, 0.25) is 0 Å². The highest BCUT2D eigenvalue weighted by Gasteiger charge is 2.40. The summed E-state index contributed by atoms with van der Waals surface area (Å²) >= 11 is 6.07. The monoisotopic (exact) mass is 537 g/mol. The molecule has 2 atom stereocenters. The number of morpholine rings is 1. The zero-order valence-electron chi connectivity index (χ0n) is 20.0. The summed E-state index contributed by atoms with van der Waals surface area (Å²) in [7, 11) is 0. The van der Waals surface area contributed by atoms with Gasteiger partial charge in [0.25, 0.3) is 0 Å². The molecule has 37 heavy (non-hydrogen) atoms. The number of β-amino-alcohol motifs (C(OH)–C–C–N with tert-alkyl or cyclic N) is 1. The average molecular weight is 538 g/mol. The molecule has 4 rings (SSSR count). The first kappa shape index (κ1) is 27.5. The van der Waals surface area contributed by atoms with Crippen molar-refractivity contribution in [2.75, 3.05) is 39.4 Å². The second-order valence-corrected chi connectivity index (χ2v) is 9.54. The molecule has 2 N–H and O–H groups in total. The molecule has 0 radical (unpaired) electrons. The fourth-order valence-corrected chi connectivity index (χ4v) is 4.68. The maximum Gasteiger partial charge on any atom is 0.416 e. The van der Waals surface area contributed by atoms with Crippen LogP contribution in [-0.4, -0.2) is 60.5 Å². The summed E-state index contributed by atoms with van der Waals surface area (Å²) in [6, 6.07) is 14.8. The van der Waals surface area contributed by atoms with Crippen molar-refractivity contribution >= 4 is 11.6 Å². The molecule has 5 nitrogen and oxygen atoms in total. The molecule has 0 aliphatic carbocycles. The van der Waals surface area contributed by atoms with Gasteiger partial charge in [-0.15, -0.1) is 0 Å². The van der Waals surface area contributed by atoms with Crippen molar-refractivity contribution in [3.63, 3.8) is 0 Å². The van der Waals surface area contributed by atoms with Crippen LogP contribution in [0.15, 0.2) is 66.9 Å². The minimum atomic E-state index is -4.75. The van der Waals surface area contributed by atoms with Crippen LogP contribution >= 0.6 is 11.6 Å². The number of pyridine rings is 1. The van der Waals surface area contributed by atoms with Crippen LogP contribution < -0.4 is 5.32 Å². The fraction of sp³-hybridized carbons (Fsp3) is 0.370. The van der Waals surface area contributed by atoms with Crippen molar-refractivity contribution in [1.82, 2.24) is 15.2 Å². The molecule has 2 heterocycles. The number of aromatic nitrogens is 1. The summed E-state index contributed by atoms with van der Waals surface area (Å²) < 4.78 is 61.2. The smallest absolute Gasteiger partial charge is 0.390 e. The Labute approximate surface area is 218 Å². The van der Waals surface area contributed by atoms with Crippen LogP contribution in [0.5, 0.6) is 0 Å². The van der Waals surface area contributed by atoms with Gasteiger partial charge in [0.05, 0.1) is 41.1 Å². The van der Waals surface area contributed by atoms with Gasteiger partial charge in [0.1, 0.15) is 5.82 Å². The molecule has 1 aliphatic heterocycles. The first-order valence-electron chi connectivity index (χ1n) is 11.9. The summed E-state index contributed by atoms with van der Waals surface area (Å²) in [4.78, 5) is 6.49. The molecule has 1 aliphatic rings. The van der Waals surface area contributed by atoms with Gasteiger partial charge in [0, 0.05) is 38.8 Å². The van der Waals surface area contributed by atoms with E-state index in [0.717, 1.165) is 17.7 Å². The van der Waals surface area contributed by atoms with Crippen LogP contribution in [-0.2, 0) is 22.9 Å². The van der Waals surface area contributed by atoms with E-state index < -0.39 is 29.2 Å². The van der Waals surface area contributed by atoms with Gasteiger partial charge < -0.3 is 9.84 Å². The second-order valence-electron chi connectivity index (χ2n) is 9.10. The summed E-state index contributed by atoms with van der Waals surface area (Å²) in [5.41, 5.74) is -1.34. The van der Waals surface area contributed by atoms with Crippen molar-refractivity contribution in [2.24, 2.45) is 0 Å². The maximum absolute atomic E-state index is 14.7. The fourth-order valence-electron chi connectivity index (χ4n) is 4.56. The number of alkyl halides is 3. The molecule has 2 aromatic carbocycles. The summed E-state index contributed by atoms with van der Waals surface area (Å²) in [6.45, 7) is 2.84. The Bertz CT molecular complexity index is 1160. The zero-order chi connectivity index (χ0) is 26.5. The van der Waals surface area contributed by atoms with Crippen molar-refractivity contribution in [2.45, 2.75) is 24.2 Å². The van der Waals surface area contributed by atoms with E-state index >= 15 is 0 Å². The number of nitrogens with zero attached hydrogens (tertiary/aromatic N) is 2. The van der Waals surface area contributed by atoms with Crippen LogP contribution in [0.1, 0.15) is 22.4 Å². The van der Waals surface area contributed by atoms with Crippen LogP contribution in [0, 0.1) is 5.82 Å². The molecule has 1 saturated heterocycles. The third-order valence-corrected chi connectivity index (χ3v) is 6.63. The molecular weight excluding hydrogens is 510 g/mol. The van der Waals surface area contributed by atoms with Gasteiger partial charge in [0.15, 0.2) is 0 Å². The molecule has 1 aromatic heterocycles. The van der Waals surface area contributed by atoms with Crippen LogP contribution in [0.4, 0.5) is 17.6 Å². The SMILES string of the molecule is OC(CN[C@@](Cc1ccccc1)(c1cc(F)cc(C(F)(F)F)c1)c1ccc(Cl)cn1)CN1CCOCC1. The maximum atomic E-state index is 14.7. The number of benzene rings is 2. The van der Waals surface area contributed by atoms with Gasteiger partial charge >= 0.3 is 6.18 Å². The van der Waals surface area contributed by atoms with E-state index in [1.54, 1.807) is 12.1 Å². The Kier molecular flexibility index (Phi) is 8.82. The number of halogens is 5. The largest absolute Gasteiger partial charge is 0.416 e. The predicted octanol–water partition coefficient (Wildman–Crippen LogP) is 4.66. The zero-order valence-corrected chi connectivity index (χ0v) is 20.8. The van der Waals surface area contributed by atoms with Gasteiger partial charge in [-0.3, -0.25) is 15.2 Å². The number of nitrogens with one attached hydrogen (secondary N) is 1. The molecule has 10 heteroatoms. The van der Waals surface area contributed by atoms with Crippen molar-refractivity contribution < 1.29 is 27.4 Å². The number of hydrogen-bond acceptors (Lipinski definition) is 5. The number of ether oxygens (including phenoxy) is 1. The van der Waals surface area contributed by atoms with Gasteiger partial charge in [-0.2, -0.15) is 13.2 Å². The third kappa shape index (κ3) is 7.06. The lowest BCUT2D eigenvalue weighted by molar-refractivity contribution is -0.137. The molecule has 0 spiro atoms. The topological polar surface area (TPSA) is 57.6 Å². The lowest BCUT2D eigenvalue weighted by atomic mass is 9.79. The summed E-state index contributed by atoms with van der Waals surface area (Å²) in [5.74, 6) is -1.02. The molecular formula is C27H28ClF4N3O2. The molecule has 0 saturated carbocycles. The molecule has 1 unspecified atom stereocenters. The number of hydrogen-bond donors (Lipinski definition) is 2. The van der Waals surface area contributed by atoms with E-state index in [-0.39, 0.29) is 18.5 Å². The number of rotatable bonds is 9. The molecule has 198 valence electrons. The van der Waals surface area contributed by atoms with E-state index in [0.29, 0.717) is 49.6 Å². The third-order valence-electron chi connectivity index (χ3n) is 6.41. The van der Waals surface area contributed by atoms with Crippen molar-refractivity contribution in [3.8, 4) is 0 Å². The molecule has 0 amide bonds. The Morgan fingerprint density at radius 1 is 1.03 bits per heavy atom. The average Bonchev–Trinajstić information content (AvgIpc) is 2.87. The van der Waals surface area contributed by atoms with Crippen LogP contribution in [0.25, 0.3) is 0 Å². The van der Waals surface area contributed by atoms with Gasteiger partial charge in [-0.25, -0.2) is 4.39 Å². The second kappa shape index (κ2) is 11.9. The van der Waals surface area contributed by atoms with E-state index in [1.165, 1.54) is 6.20 Å².